The van der Waals surface area contributed by atoms with Crippen molar-refractivity contribution in [3.8, 4) is 0 Å². The van der Waals surface area contributed by atoms with Gasteiger partial charge in [0.15, 0.2) is 0 Å². The minimum absolute atomic E-state index is 0.887. The quantitative estimate of drug-likeness (QED) is 0.475. The summed E-state index contributed by atoms with van der Waals surface area (Å²) in [5, 5.41) is 11.3. The molecule has 0 bridgehead atoms. The van der Waals surface area contributed by atoms with Gasteiger partial charge < -0.3 is 5.32 Å². The molecule has 2 rings (SSSR count). The van der Waals surface area contributed by atoms with Crippen LogP contribution in [0.25, 0.3) is 0 Å². The van der Waals surface area contributed by atoms with Crippen LogP contribution < -0.4 is 5.32 Å². The molecule has 0 saturated heterocycles. The summed E-state index contributed by atoms with van der Waals surface area (Å²) in [6, 6.07) is 1.97. The standard InChI is InChI=1S/C12H17N5S/c1-9-10(7-16-17-9)4-3-5-13-11-6-12(18-2)15-8-14-11/h6-8H,3-5H2,1-2H3,(H,16,17)(H,13,14,15). The van der Waals surface area contributed by atoms with E-state index in [1.807, 2.05) is 25.4 Å². The van der Waals surface area contributed by atoms with Gasteiger partial charge in [-0.1, -0.05) is 0 Å². The number of aryl methyl sites for hydroxylation is 2. The lowest BCUT2D eigenvalue weighted by Gasteiger charge is -2.05. The SMILES string of the molecule is CSc1cc(NCCCc2cn[nH]c2C)ncn1. The summed E-state index contributed by atoms with van der Waals surface area (Å²) in [6.07, 6.45) is 7.57. The van der Waals surface area contributed by atoms with E-state index in [1.54, 1.807) is 18.1 Å². The van der Waals surface area contributed by atoms with E-state index in [9.17, 15) is 0 Å². The summed E-state index contributed by atoms with van der Waals surface area (Å²) in [5.41, 5.74) is 2.44. The Morgan fingerprint density at radius 3 is 3.00 bits per heavy atom. The van der Waals surface area contributed by atoms with Crippen molar-refractivity contribution < 1.29 is 0 Å². The van der Waals surface area contributed by atoms with Gasteiger partial charge in [-0.05, 0) is 31.6 Å². The third-order valence-corrected chi connectivity index (χ3v) is 3.36. The van der Waals surface area contributed by atoms with Crippen LogP contribution in [0.4, 0.5) is 5.82 Å². The van der Waals surface area contributed by atoms with Crippen molar-refractivity contribution in [3.05, 3.63) is 29.8 Å². The van der Waals surface area contributed by atoms with E-state index in [0.717, 1.165) is 35.9 Å². The van der Waals surface area contributed by atoms with Crippen molar-refractivity contribution in [3.63, 3.8) is 0 Å². The Hall–Kier alpha value is -1.56. The van der Waals surface area contributed by atoms with E-state index < -0.39 is 0 Å². The van der Waals surface area contributed by atoms with Crippen molar-refractivity contribution in [2.24, 2.45) is 0 Å². The van der Waals surface area contributed by atoms with Crippen LogP contribution in [-0.2, 0) is 6.42 Å². The van der Waals surface area contributed by atoms with Crippen LogP contribution in [0, 0.1) is 6.92 Å². The van der Waals surface area contributed by atoms with Crippen LogP contribution in [0.1, 0.15) is 17.7 Å². The zero-order valence-electron chi connectivity index (χ0n) is 10.6. The summed E-state index contributed by atoms with van der Waals surface area (Å²) in [4.78, 5) is 8.32. The Labute approximate surface area is 111 Å². The van der Waals surface area contributed by atoms with E-state index in [0.29, 0.717) is 0 Å². The normalized spacial score (nSPS) is 10.6. The van der Waals surface area contributed by atoms with Gasteiger partial charge in [-0.15, -0.1) is 11.8 Å². The highest BCUT2D eigenvalue weighted by atomic mass is 32.2. The number of anilines is 1. The second-order valence-electron chi connectivity index (χ2n) is 4.00. The fourth-order valence-corrected chi connectivity index (χ4v) is 2.05. The molecule has 0 spiro atoms. The number of H-pyrrole nitrogens is 1. The predicted molar refractivity (Wildman–Crippen MR) is 73.9 cm³/mol. The molecule has 0 aromatic carbocycles. The molecule has 0 aliphatic rings. The first kappa shape index (κ1) is 12.9. The molecule has 2 N–H and O–H groups in total. The lowest BCUT2D eigenvalue weighted by Crippen LogP contribution is -2.05. The van der Waals surface area contributed by atoms with Crippen molar-refractivity contribution in [2.75, 3.05) is 18.1 Å². The van der Waals surface area contributed by atoms with Crippen molar-refractivity contribution in [2.45, 2.75) is 24.8 Å². The molecule has 0 fully saturated rings. The maximum absolute atomic E-state index is 4.19. The van der Waals surface area contributed by atoms with Gasteiger partial charge >= 0.3 is 0 Å². The maximum Gasteiger partial charge on any atom is 0.130 e. The average Bonchev–Trinajstić information content (AvgIpc) is 2.81. The molecule has 18 heavy (non-hydrogen) atoms. The highest BCUT2D eigenvalue weighted by molar-refractivity contribution is 7.98. The van der Waals surface area contributed by atoms with Crippen LogP contribution in [-0.4, -0.2) is 33.0 Å². The van der Waals surface area contributed by atoms with Crippen molar-refractivity contribution in [1.82, 2.24) is 20.2 Å². The van der Waals surface area contributed by atoms with E-state index in [-0.39, 0.29) is 0 Å². The van der Waals surface area contributed by atoms with E-state index in [1.165, 1.54) is 5.56 Å². The van der Waals surface area contributed by atoms with Crippen LogP contribution >= 0.6 is 11.8 Å². The van der Waals surface area contributed by atoms with E-state index >= 15 is 0 Å². The minimum Gasteiger partial charge on any atom is -0.370 e. The molecule has 5 nitrogen and oxygen atoms in total. The third-order valence-electron chi connectivity index (χ3n) is 2.71. The summed E-state index contributed by atoms with van der Waals surface area (Å²) in [6.45, 7) is 2.94. The largest absolute Gasteiger partial charge is 0.370 e. The summed E-state index contributed by atoms with van der Waals surface area (Å²) < 4.78 is 0. The van der Waals surface area contributed by atoms with Crippen LogP contribution in [0.2, 0.25) is 0 Å². The lowest BCUT2D eigenvalue weighted by molar-refractivity contribution is 0.850. The van der Waals surface area contributed by atoms with E-state index in [4.69, 9.17) is 0 Å². The Morgan fingerprint density at radius 1 is 1.39 bits per heavy atom. The zero-order chi connectivity index (χ0) is 12.8. The Balaban J connectivity index is 1.76. The van der Waals surface area contributed by atoms with Gasteiger partial charge in [-0.25, -0.2) is 9.97 Å². The summed E-state index contributed by atoms with van der Waals surface area (Å²) >= 11 is 1.62. The van der Waals surface area contributed by atoms with Gasteiger partial charge in [0.25, 0.3) is 0 Å². The first-order valence-corrected chi connectivity index (χ1v) is 7.11. The highest BCUT2D eigenvalue weighted by Crippen LogP contribution is 2.13. The molecule has 96 valence electrons. The Morgan fingerprint density at radius 2 is 2.28 bits per heavy atom. The first-order chi connectivity index (χ1) is 8.79. The number of thioether (sulfide) groups is 1. The molecule has 2 heterocycles. The summed E-state index contributed by atoms with van der Waals surface area (Å²) in [5.74, 6) is 0.887. The lowest BCUT2D eigenvalue weighted by atomic mass is 10.1. The Kier molecular flexibility index (Phi) is 4.58. The predicted octanol–water partition coefficient (Wildman–Crippen LogP) is 2.27. The molecule has 0 aliphatic carbocycles. The molecule has 6 heteroatoms. The number of aromatic nitrogens is 4. The fraction of sp³-hybridized carbons (Fsp3) is 0.417. The monoisotopic (exact) mass is 263 g/mol. The van der Waals surface area contributed by atoms with Gasteiger partial charge in [0.05, 0.1) is 6.20 Å². The smallest absolute Gasteiger partial charge is 0.130 e. The highest BCUT2D eigenvalue weighted by Gasteiger charge is 2.00. The number of hydrogen-bond acceptors (Lipinski definition) is 5. The zero-order valence-corrected chi connectivity index (χ0v) is 11.4. The topological polar surface area (TPSA) is 66.5 Å². The molecular formula is C12H17N5S. The third kappa shape index (κ3) is 3.46. The van der Waals surface area contributed by atoms with Gasteiger partial charge in [0, 0.05) is 18.3 Å². The van der Waals surface area contributed by atoms with Crippen LogP contribution in [0.3, 0.4) is 0 Å². The van der Waals surface area contributed by atoms with Crippen LogP contribution in [0.15, 0.2) is 23.6 Å². The number of rotatable bonds is 6. The molecule has 2 aromatic heterocycles. The maximum atomic E-state index is 4.19. The first-order valence-electron chi connectivity index (χ1n) is 5.88. The van der Waals surface area contributed by atoms with Crippen molar-refractivity contribution >= 4 is 17.6 Å². The minimum atomic E-state index is 0.887. The average molecular weight is 263 g/mol. The molecule has 0 unspecified atom stereocenters. The fourth-order valence-electron chi connectivity index (χ4n) is 1.67. The van der Waals surface area contributed by atoms with Gasteiger partial charge in [0.2, 0.25) is 0 Å². The molecular weight excluding hydrogens is 246 g/mol. The number of nitrogens with zero attached hydrogens (tertiary/aromatic N) is 3. The van der Waals surface area contributed by atoms with Crippen LogP contribution in [0.5, 0.6) is 0 Å². The van der Waals surface area contributed by atoms with Crippen molar-refractivity contribution in [1.29, 1.82) is 0 Å². The second-order valence-corrected chi connectivity index (χ2v) is 4.82. The van der Waals surface area contributed by atoms with E-state index in [2.05, 4.69) is 25.5 Å². The summed E-state index contributed by atoms with van der Waals surface area (Å²) in [7, 11) is 0. The second kappa shape index (κ2) is 6.39. The molecule has 0 saturated carbocycles. The number of aromatic amines is 1. The molecule has 2 aromatic rings. The molecule has 0 radical (unpaired) electrons. The molecule has 0 amide bonds. The number of nitrogens with one attached hydrogen (secondary N) is 2. The molecule has 0 aliphatic heterocycles. The van der Waals surface area contributed by atoms with Gasteiger partial charge in [-0.2, -0.15) is 5.10 Å². The molecule has 0 atom stereocenters. The Bertz CT molecular complexity index is 497. The van der Waals surface area contributed by atoms with Gasteiger partial charge in [-0.3, -0.25) is 5.10 Å². The number of hydrogen-bond donors (Lipinski definition) is 2. The van der Waals surface area contributed by atoms with Gasteiger partial charge in [0.1, 0.15) is 17.2 Å².